The van der Waals surface area contributed by atoms with E-state index in [0.717, 1.165) is 37.8 Å². The summed E-state index contributed by atoms with van der Waals surface area (Å²) in [7, 11) is 1.96. The van der Waals surface area contributed by atoms with Crippen LogP contribution in [0.4, 0.5) is 4.79 Å². The van der Waals surface area contributed by atoms with E-state index in [2.05, 4.69) is 22.7 Å². The predicted octanol–water partition coefficient (Wildman–Crippen LogP) is 1.82. The average molecular weight is 322 g/mol. The molecule has 1 aromatic heterocycles. The third kappa shape index (κ3) is 4.05. The maximum absolute atomic E-state index is 12.0. The molecule has 2 rings (SSSR count). The summed E-state index contributed by atoms with van der Waals surface area (Å²) in [5.74, 6) is 0. The quantitative estimate of drug-likeness (QED) is 0.699. The van der Waals surface area contributed by atoms with E-state index in [0.29, 0.717) is 6.54 Å². The van der Waals surface area contributed by atoms with Crippen molar-refractivity contribution in [1.29, 1.82) is 0 Å². The minimum Gasteiger partial charge on any atom is -0.396 e. The zero-order valence-electron chi connectivity index (χ0n) is 14.8. The van der Waals surface area contributed by atoms with Crippen LogP contribution >= 0.6 is 0 Å². The van der Waals surface area contributed by atoms with E-state index < -0.39 is 0 Å². The molecule has 130 valence electrons. The molecule has 0 aromatic carbocycles. The summed E-state index contributed by atoms with van der Waals surface area (Å²) < 4.78 is 1.90. The van der Waals surface area contributed by atoms with Gasteiger partial charge in [-0.1, -0.05) is 13.3 Å². The smallest absolute Gasteiger partial charge is 0.315 e. The van der Waals surface area contributed by atoms with Crippen LogP contribution in [-0.4, -0.2) is 40.1 Å². The Labute approximate surface area is 138 Å². The number of nitrogens with one attached hydrogen (secondary N) is 2. The van der Waals surface area contributed by atoms with Gasteiger partial charge in [0.2, 0.25) is 0 Å². The van der Waals surface area contributed by atoms with Gasteiger partial charge in [-0.2, -0.15) is 5.10 Å². The summed E-state index contributed by atoms with van der Waals surface area (Å²) in [5.41, 5.74) is 3.36. The highest BCUT2D eigenvalue weighted by Gasteiger charge is 2.38. The Morgan fingerprint density at radius 3 is 2.83 bits per heavy atom. The van der Waals surface area contributed by atoms with Crippen molar-refractivity contribution in [3.63, 3.8) is 0 Å². The summed E-state index contributed by atoms with van der Waals surface area (Å²) >= 11 is 0. The number of amides is 2. The number of hydrogen-bond acceptors (Lipinski definition) is 3. The van der Waals surface area contributed by atoms with Gasteiger partial charge >= 0.3 is 6.03 Å². The van der Waals surface area contributed by atoms with Crippen molar-refractivity contribution in [2.24, 2.45) is 12.5 Å². The molecule has 1 aliphatic rings. The molecule has 0 bridgehead atoms. The van der Waals surface area contributed by atoms with Gasteiger partial charge in [0.05, 0.1) is 12.3 Å². The molecule has 1 saturated carbocycles. The summed E-state index contributed by atoms with van der Waals surface area (Å²) in [6.45, 7) is 6.90. The highest BCUT2D eigenvalue weighted by molar-refractivity contribution is 5.74. The summed E-state index contributed by atoms with van der Waals surface area (Å²) in [6, 6.07) is -0.0634. The Bertz CT molecular complexity index is 555. The zero-order chi connectivity index (χ0) is 17.0. The van der Waals surface area contributed by atoms with Crippen molar-refractivity contribution in [2.75, 3.05) is 13.2 Å². The Kier molecular flexibility index (Phi) is 5.68. The van der Waals surface area contributed by atoms with Gasteiger partial charge in [-0.15, -0.1) is 0 Å². The fourth-order valence-electron chi connectivity index (χ4n) is 3.52. The summed E-state index contributed by atoms with van der Waals surface area (Å²) in [5, 5.41) is 19.9. The summed E-state index contributed by atoms with van der Waals surface area (Å²) in [4.78, 5) is 12.0. The van der Waals surface area contributed by atoms with Crippen molar-refractivity contribution < 1.29 is 9.90 Å². The zero-order valence-corrected chi connectivity index (χ0v) is 14.8. The number of carbonyl (C=O) groups excluding carboxylic acids is 1. The fraction of sp³-hybridized carbons (Fsp3) is 0.765. The Morgan fingerprint density at radius 2 is 2.22 bits per heavy atom. The molecule has 6 nitrogen and oxygen atoms in total. The van der Waals surface area contributed by atoms with Gasteiger partial charge in [0.1, 0.15) is 0 Å². The number of hydrogen-bond donors (Lipinski definition) is 3. The van der Waals surface area contributed by atoms with E-state index >= 15 is 0 Å². The fourth-order valence-corrected chi connectivity index (χ4v) is 3.52. The van der Waals surface area contributed by atoms with Gasteiger partial charge < -0.3 is 15.7 Å². The number of aryl methyl sites for hydroxylation is 2. The first-order valence-corrected chi connectivity index (χ1v) is 8.51. The normalized spacial score (nSPS) is 24.0. The van der Waals surface area contributed by atoms with E-state index in [1.165, 1.54) is 11.3 Å². The molecule has 6 heteroatoms. The number of aromatic nitrogens is 2. The van der Waals surface area contributed by atoms with Crippen molar-refractivity contribution in [3.8, 4) is 0 Å². The number of aliphatic hydroxyl groups is 1. The average Bonchev–Trinajstić information content (AvgIpc) is 2.98. The molecule has 1 aromatic rings. The number of rotatable bonds is 6. The molecule has 0 saturated heterocycles. The van der Waals surface area contributed by atoms with Gasteiger partial charge in [0.15, 0.2) is 0 Å². The molecule has 0 spiro atoms. The number of urea groups is 1. The van der Waals surface area contributed by atoms with Gasteiger partial charge in [-0.25, -0.2) is 4.79 Å². The molecular formula is C17H30N4O2. The molecule has 2 amide bonds. The predicted molar refractivity (Wildman–Crippen MR) is 90.4 cm³/mol. The van der Waals surface area contributed by atoms with E-state index in [9.17, 15) is 9.90 Å². The lowest BCUT2D eigenvalue weighted by atomic mass is 9.86. The van der Waals surface area contributed by atoms with Crippen LogP contribution in [0.1, 0.15) is 49.6 Å². The molecule has 2 atom stereocenters. The largest absolute Gasteiger partial charge is 0.396 e. The minimum atomic E-state index is -0.179. The van der Waals surface area contributed by atoms with E-state index in [4.69, 9.17) is 0 Å². The molecule has 2 unspecified atom stereocenters. The van der Waals surface area contributed by atoms with Crippen molar-refractivity contribution in [3.05, 3.63) is 17.0 Å². The lowest BCUT2D eigenvalue weighted by Gasteiger charge is -2.30. The minimum absolute atomic E-state index is 0.0651. The highest BCUT2D eigenvalue weighted by atomic mass is 16.3. The molecule has 23 heavy (non-hydrogen) atoms. The molecule has 0 radical (unpaired) electrons. The van der Waals surface area contributed by atoms with Crippen LogP contribution in [-0.2, 0) is 13.5 Å². The van der Waals surface area contributed by atoms with Crippen molar-refractivity contribution >= 4 is 6.03 Å². The van der Waals surface area contributed by atoms with Crippen LogP contribution in [0.15, 0.2) is 0 Å². The first-order valence-electron chi connectivity index (χ1n) is 8.51. The first kappa shape index (κ1) is 17.8. The van der Waals surface area contributed by atoms with Crippen LogP contribution in [0, 0.1) is 19.3 Å². The monoisotopic (exact) mass is 322 g/mol. The Hall–Kier alpha value is -1.56. The standard InChI is InChI=1S/C17H30N4O2/c1-12-14(13(2)21(4)20-12)7-6-10-18-16(23)19-15-8-5-9-17(15,3)11-22/h15,22H,5-11H2,1-4H3,(H2,18,19,23). The number of carbonyl (C=O) groups is 1. The third-order valence-electron chi connectivity index (χ3n) is 5.30. The van der Waals surface area contributed by atoms with Gasteiger partial charge in [0.25, 0.3) is 0 Å². The molecule has 1 aliphatic carbocycles. The van der Waals surface area contributed by atoms with Crippen molar-refractivity contribution in [1.82, 2.24) is 20.4 Å². The van der Waals surface area contributed by atoms with Crippen LogP contribution in [0.5, 0.6) is 0 Å². The highest BCUT2D eigenvalue weighted by Crippen LogP contribution is 2.37. The Balaban J connectivity index is 1.73. The lowest BCUT2D eigenvalue weighted by Crippen LogP contribution is -2.48. The topological polar surface area (TPSA) is 79.2 Å². The molecule has 0 aliphatic heterocycles. The summed E-state index contributed by atoms with van der Waals surface area (Å²) in [6.07, 6.45) is 4.78. The van der Waals surface area contributed by atoms with E-state index in [-0.39, 0.29) is 24.1 Å². The third-order valence-corrected chi connectivity index (χ3v) is 5.30. The lowest BCUT2D eigenvalue weighted by molar-refractivity contribution is 0.121. The maximum atomic E-state index is 12.0. The van der Waals surface area contributed by atoms with Crippen LogP contribution < -0.4 is 10.6 Å². The molecule has 1 fully saturated rings. The van der Waals surface area contributed by atoms with Gasteiger partial charge in [0, 0.05) is 30.7 Å². The van der Waals surface area contributed by atoms with Gasteiger partial charge in [-0.05, 0) is 45.1 Å². The second-order valence-corrected chi connectivity index (χ2v) is 7.03. The van der Waals surface area contributed by atoms with Crippen LogP contribution in [0.2, 0.25) is 0 Å². The van der Waals surface area contributed by atoms with Gasteiger partial charge in [-0.3, -0.25) is 4.68 Å². The van der Waals surface area contributed by atoms with Crippen LogP contribution in [0.3, 0.4) is 0 Å². The molecule has 1 heterocycles. The Morgan fingerprint density at radius 1 is 1.48 bits per heavy atom. The number of aliphatic hydroxyl groups excluding tert-OH is 1. The molecular weight excluding hydrogens is 292 g/mol. The molecule has 3 N–H and O–H groups in total. The van der Waals surface area contributed by atoms with Crippen molar-refractivity contribution in [2.45, 2.75) is 58.9 Å². The maximum Gasteiger partial charge on any atom is 0.315 e. The van der Waals surface area contributed by atoms with Crippen LogP contribution in [0.25, 0.3) is 0 Å². The SMILES string of the molecule is Cc1nn(C)c(C)c1CCCNC(=O)NC1CCCC1(C)CO. The second-order valence-electron chi connectivity index (χ2n) is 7.03. The van der Waals surface area contributed by atoms with E-state index in [1.807, 2.05) is 25.6 Å². The van der Waals surface area contributed by atoms with E-state index in [1.54, 1.807) is 0 Å². The number of nitrogens with zero attached hydrogens (tertiary/aromatic N) is 2. The second kappa shape index (κ2) is 7.34. The first-order chi connectivity index (χ1) is 10.9.